The van der Waals surface area contributed by atoms with Crippen LogP contribution >= 0.6 is 0 Å². The predicted molar refractivity (Wildman–Crippen MR) is 166 cm³/mol. The highest BCUT2D eigenvalue weighted by molar-refractivity contribution is 6.73. The highest BCUT2D eigenvalue weighted by atomic mass is 28.4. The zero-order valence-corrected chi connectivity index (χ0v) is 29.0. The molecule has 2 unspecified atom stereocenters. The topological polar surface area (TPSA) is 166 Å². The van der Waals surface area contributed by atoms with Crippen LogP contribution in [-0.4, -0.2) is 119 Å². The maximum atomic E-state index is 13.2. The summed E-state index contributed by atoms with van der Waals surface area (Å²) in [6.07, 6.45) is 6.87. The Balaban J connectivity index is 5.45. The number of rotatable bonds is 23. The number of likely N-dealkylation sites (N-methyl/N-ethyl adjacent to an activating group) is 1. The van der Waals surface area contributed by atoms with Gasteiger partial charge in [0.1, 0.15) is 13.2 Å². The van der Waals surface area contributed by atoms with Gasteiger partial charge in [0.15, 0.2) is 13.2 Å². The second kappa shape index (κ2) is 18.5. The van der Waals surface area contributed by atoms with Gasteiger partial charge in [-0.3, -0.25) is 14.4 Å². The summed E-state index contributed by atoms with van der Waals surface area (Å²) in [6.45, 7) is 9.02. The lowest BCUT2D eigenvalue weighted by atomic mass is 9.71. The van der Waals surface area contributed by atoms with Crippen LogP contribution in [0.2, 0.25) is 6.04 Å². The van der Waals surface area contributed by atoms with Gasteiger partial charge in [-0.15, -0.1) is 6.42 Å². The smallest absolute Gasteiger partial charge is 0.359 e. The van der Waals surface area contributed by atoms with Gasteiger partial charge in [0.25, 0.3) is 0 Å². The number of carbonyl (C=O) groups is 4. The molecule has 0 fully saturated rings. The number of carbonyl (C=O) groups excluding carboxylic acids is 3. The van der Waals surface area contributed by atoms with Crippen molar-refractivity contribution in [1.82, 2.24) is 0 Å². The Kier molecular flexibility index (Phi) is 17.4. The molecular weight excluding hydrogens is 590 g/mol. The number of ether oxygens (including phenoxy) is 3. The molecule has 12 nitrogen and oxygen atoms in total. The number of carboxylic acid groups (broad SMARTS) is 1. The maximum absolute atomic E-state index is 13.2. The molecule has 0 bridgehead atoms. The Morgan fingerprint density at radius 2 is 1.36 bits per heavy atom. The van der Waals surface area contributed by atoms with Gasteiger partial charge in [-0.05, 0) is 72.3 Å². The SMILES string of the molecule is C#CCOC(=O)C(C)(CCC(C)(C)C(=O)OCCC[Si](CO)(CO)OC)CCC(C)(CC)C(=O)OCC[N+](C)(C)CC(=O)O. The van der Waals surface area contributed by atoms with E-state index in [1.54, 1.807) is 41.8 Å². The lowest BCUT2D eigenvalue weighted by molar-refractivity contribution is -0.883. The van der Waals surface area contributed by atoms with E-state index in [0.717, 1.165) is 0 Å². The van der Waals surface area contributed by atoms with Gasteiger partial charge in [0, 0.05) is 7.11 Å². The molecule has 0 saturated carbocycles. The molecule has 44 heavy (non-hydrogen) atoms. The van der Waals surface area contributed by atoms with E-state index >= 15 is 0 Å². The molecule has 0 aromatic heterocycles. The largest absolute Gasteiger partial charge is 0.477 e. The minimum Gasteiger partial charge on any atom is -0.477 e. The van der Waals surface area contributed by atoms with Crippen molar-refractivity contribution in [2.45, 2.75) is 79.2 Å². The molecule has 3 N–H and O–H groups in total. The second-order valence-corrected chi connectivity index (χ2v) is 17.3. The quantitative estimate of drug-likeness (QED) is 0.0373. The standard InChI is InChI=1S/C31H55NO11Si/c1-10-18-41-28(39)31(6,14-13-29(3,4)26(37)42-19-12-21-44(23-33,24-34)40-9)16-15-30(5,11-2)27(38)43-20-17-32(7,8)22-25(35)36/h1,33-34H,11-24H2,2-9H3/p+1. The molecule has 0 aliphatic heterocycles. The summed E-state index contributed by atoms with van der Waals surface area (Å²) in [5, 5.41) is 28.2. The van der Waals surface area contributed by atoms with Crippen molar-refractivity contribution in [3.63, 3.8) is 0 Å². The number of aliphatic hydroxyl groups is 2. The Morgan fingerprint density at radius 3 is 1.86 bits per heavy atom. The summed E-state index contributed by atoms with van der Waals surface area (Å²) in [5.74, 6) is -0.0401. The van der Waals surface area contributed by atoms with Crippen LogP contribution in [0.5, 0.6) is 0 Å². The van der Waals surface area contributed by atoms with Gasteiger partial charge >= 0.3 is 23.9 Å². The van der Waals surface area contributed by atoms with Gasteiger partial charge in [-0.2, -0.15) is 0 Å². The highest BCUT2D eigenvalue weighted by Gasteiger charge is 2.43. The Bertz CT molecular complexity index is 981. The van der Waals surface area contributed by atoms with Crippen LogP contribution in [0.4, 0.5) is 0 Å². The van der Waals surface area contributed by atoms with Gasteiger partial charge in [0.2, 0.25) is 8.32 Å². The molecule has 0 rings (SSSR count). The van der Waals surface area contributed by atoms with Gasteiger partial charge in [-0.25, -0.2) is 4.79 Å². The van der Waals surface area contributed by atoms with Crippen molar-refractivity contribution in [3.8, 4) is 12.3 Å². The molecule has 254 valence electrons. The zero-order chi connectivity index (χ0) is 34.2. The molecule has 0 radical (unpaired) electrons. The minimum absolute atomic E-state index is 0.0567. The molecule has 13 heteroatoms. The molecule has 0 aliphatic carbocycles. The van der Waals surface area contributed by atoms with Crippen molar-refractivity contribution in [2.24, 2.45) is 16.2 Å². The molecule has 0 heterocycles. The van der Waals surface area contributed by atoms with Crippen molar-refractivity contribution < 1.29 is 57.6 Å². The zero-order valence-electron chi connectivity index (χ0n) is 28.0. The molecule has 0 saturated heterocycles. The Morgan fingerprint density at radius 1 is 0.841 bits per heavy atom. The van der Waals surface area contributed by atoms with E-state index in [0.29, 0.717) is 38.3 Å². The van der Waals surface area contributed by atoms with Crippen molar-refractivity contribution in [2.75, 3.05) is 66.6 Å². The number of aliphatic hydroxyl groups excluding tert-OH is 2. The molecule has 0 aromatic rings. The third-order valence-corrected chi connectivity index (χ3v) is 11.9. The van der Waals surface area contributed by atoms with Crippen molar-refractivity contribution >= 4 is 32.2 Å². The molecular formula is C31H56NO11Si+. The Hall–Kier alpha value is -2.50. The fourth-order valence-electron chi connectivity index (χ4n) is 4.47. The van der Waals surface area contributed by atoms with Crippen LogP contribution in [0.25, 0.3) is 0 Å². The third kappa shape index (κ3) is 13.6. The summed E-state index contributed by atoms with van der Waals surface area (Å²) in [7, 11) is 2.28. The predicted octanol–water partition coefficient (Wildman–Crippen LogP) is 2.46. The van der Waals surface area contributed by atoms with E-state index in [9.17, 15) is 29.4 Å². The van der Waals surface area contributed by atoms with E-state index in [2.05, 4.69) is 5.92 Å². The number of aliphatic carboxylic acids is 1. The number of terminal acetylenes is 1. The van der Waals surface area contributed by atoms with Crippen molar-refractivity contribution in [3.05, 3.63) is 0 Å². The molecule has 2 atom stereocenters. The monoisotopic (exact) mass is 646 g/mol. The lowest BCUT2D eigenvalue weighted by Crippen LogP contribution is -2.46. The van der Waals surface area contributed by atoms with Crippen LogP contribution in [0.1, 0.15) is 73.1 Å². The van der Waals surface area contributed by atoms with Gasteiger partial charge in [-0.1, -0.05) is 12.8 Å². The first-order valence-electron chi connectivity index (χ1n) is 15.1. The van der Waals surface area contributed by atoms with Crippen LogP contribution in [0.3, 0.4) is 0 Å². The number of esters is 3. The number of quaternary nitrogens is 1. The lowest BCUT2D eigenvalue weighted by Gasteiger charge is -2.34. The van der Waals surface area contributed by atoms with Crippen LogP contribution in [0.15, 0.2) is 0 Å². The number of hydrogen-bond acceptors (Lipinski definition) is 10. The Labute approximate surface area is 264 Å². The third-order valence-electron chi connectivity index (χ3n) is 8.65. The number of hydrogen-bond donors (Lipinski definition) is 3. The summed E-state index contributed by atoms with van der Waals surface area (Å²) in [5.41, 5.74) is -2.90. The van der Waals surface area contributed by atoms with E-state index in [4.69, 9.17) is 30.2 Å². The van der Waals surface area contributed by atoms with E-state index in [1.807, 2.05) is 6.92 Å². The fraction of sp³-hybridized carbons (Fsp3) is 0.806. The first-order valence-corrected chi connectivity index (χ1v) is 17.6. The number of nitrogens with zero attached hydrogens (tertiary/aromatic N) is 1. The van der Waals surface area contributed by atoms with E-state index < -0.39 is 48.4 Å². The van der Waals surface area contributed by atoms with E-state index in [-0.39, 0.29) is 56.2 Å². The van der Waals surface area contributed by atoms with E-state index in [1.165, 1.54) is 7.11 Å². The maximum Gasteiger partial charge on any atom is 0.359 e. The average Bonchev–Trinajstić information content (AvgIpc) is 2.97. The second-order valence-electron chi connectivity index (χ2n) is 13.4. The summed E-state index contributed by atoms with van der Waals surface area (Å²) < 4.78 is 21.9. The summed E-state index contributed by atoms with van der Waals surface area (Å²) >= 11 is 0. The fourth-order valence-corrected chi connectivity index (χ4v) is 6.14. The number of carboxylic acids is 1. The molecule has 0 aromatic carbocycles. The average molecular weight is 647 g/mol. The molecule has 0 spiro atoms. The summed E-state index contributed by atoms with van der Waals surface area (Å²) in [6, 6.07) is 0.432. The van der Waals surface area contributed by atoms with Crippen LogP contribution in [0, 0.1) is 28.6 Å². The van der Waals surface area contributed by atoms with Crippen LogP contribution < -0.4 is 0 Å². The van der Waals surface area contributed by atoms with Crippen molar-refractivity contribution in [1.29, 1.82) is 0 Å². The molecule has 0 aliphatic rings. The van der Waals surface area contributed by atoms with Gasteiger partial charge in [0.05, 0.1) is 49.4 Å². The van der Waals surface area contributed by atoms with Crippen LogP contribution in [-0.2, 0) is 37.8 Å². The van der Waals surface area contributed by atoms with Gasteiger partial charge < -0.3 is 38.4 Å². The first kappa shape index (κ1) is 41.5. The first-order chi connectivity index (χ1) is 20.3. The minimum atomic E-state index is -2.66. The molecule has 0 amide bonds. The normalized spacial score (nSPS) is 14.9. The summed E-state index contributed by atoms with van der Waals surface area (Å²) in [4.78, 5) is 50.4. The highest BCUT2D eigenvalue weighted by Crippen LogP contribution is 2.41.